The van der Waals surface area contributed by atoms with Gasteiger partial charge in [0.2, 0.25) is 0 Å². The highest BCUT2D eigenvalue weighted by Crippen LogP contribution is 2.44. The molecule has 0 N–H and O–H groups in total. The van der Waals surface area contributed by atoms with E-state index >= 15 is 0 Å². The van der Waals surface area contributed by atoms with Crippen molar-refractivity contribution in [1.29, 1.82) is 0 Å². The topological polar surface area (TPSA) is 51.8 Å². The molecule has 0 saturated carbocycles. The minimum atomic E-state index is 0.553. The maximum absolute atomic E-state index is 6.55. The third kappa shape index (κ3) is 5.34. The monoisotopic (exact) mass is 751 g/mol. The second kappa shape index (κ2) is 13.3. The highest BCUT2D eigenvalue weighted by Gasteiger charge is 2.22. The van der Waals surface area contributed by atoms with Crippen molar-refractivity contribution in [2.24, 2.45) is 0 Å². The second-order valence-corrected chi connectivity index (χ2v) is 15.1. The summed E-state index contributed by atoms with van der Waals surface area (Å²) < 4.78 is 6.55. The lowest BCUT2D eigenvalue weighted by molar-refractivity contribution is 0.669. The Bertz CT molecular complexity index is 3620. The molecule has 0 saturated heterocycles. The molecule has 0 bridgehead atoms. The van der Waals surface area contributed by atoms with Crippen LogP contribution in [0.4, 0.5) is 0 Å². The van der Waals surface area contributed by atoms with Crippen molar-refractivity contribution in [3.63, 3.8) is 0 Å². The maximum atomic E-state index is 6.55. The number of nitrogens with zero attached hydrogens (tertiary/aromatic N) is 3. The van der Waals surface area contributed by atoms with E-state index in [1.807, 2.05) is 36.4 Å². The van der Waals surface area contributed by atoms with Crippen LogP contribution in [0.3, 0.4) is 0 Å². The number of fused-ring (bicyclic) bond motifs is 8. The third-order valence-corrected chi connectivity index (χ3v) is 11.7. The Kier molecular flexibility index (Phi) is 7.50. The van der Waals surface area contributed by atoms with Crippen molar-refractivity contribution >= 4 is 65.0 Å². The van der Waals surface area contributed by atoms with Crippen LogP contribution < -0.4 is 0 Å². The Morgan fingerprint density at radius 3 is 1.66 bits per heavy atom. The van der Waals surface area contributed by atoms with Gasteiger partial charge in [-0.3, -0.25) is 0 Å². The number of hydrogen-bond donors (Lipinski definition) is 0. The van der Waals surface area contributed by atoms with Gasteiger partial charge in [0, 0.05) is 21.9 Å². The molecule has 274 valence electrons. The fourth-order valence-corrected chi connectivity index (χ4v) is 9.03. The van der Waals surface area contributed by atoms with Gasteiger partial charge in [0.05, 0.1) is 5.56 Å². The third-order valence-electron chi connectivity index (χ3n) is 11.7. The Labute approximate surface area is 339 Å². The summed E-state index contributed by atoms with van der Waals surface area (Å²) in [7, 11) is 0. The molecule has 2 aromatic heterocycles. The Morgan fingerprint density at radius 2 is 0.847 bits per heavy atom. The van der Waals surface area contributed by atoms with E-state index in [2.05, 4.69) is 164 Å². The molecule has 4 heteroatoms. The normalized spacial score (nSPS) is 11.7. The summed E-state index contributed by atoms with van der Waals surface area (Å²) in [6.07, 6.45) is 0. The van der Waals surface area contributed by atoms with Crippen molar-refractivity contribution in [3.8, 4) is 56.4 Å². The van der Waals surface area contributed by atoms with Gasteiger partial charge in [-0.25, -0.2) is 15.0 Å². The fourth-order valence-electron chi connectivity index (χ4n) is 9.03. The Hall–Kier alpha value is -7.95. The van der Waals surface area contributed by atoms with Crippen LogP contribution in [0.2, 0.25) is 0 Å². The SMILES string of the molecule is c1ccc(-c2ccccc2-c2nc(-c3ccc(-c4c5ccccc5cc5c4ccc4ccccc45)c4ccccc34)nc(-c3cccc4c3oc3ccccc34)n2)cc1. The zero-order chi connectivity index (χ0) is 38.9. The molecule has 0 aliphatic heterocycles. The molecule has 0 spiro atoms. The molecule has 0 radical (unpaired) electrons. The largest absolute Gasteiger partial charge is 0.455 e. The molecule has 4 nitrogen and oxygen atoms in total. The van der Waals surface area contributed by atoms with E-state index in [1.54, 1.807) is 0 Å². The van der Waals surface area contributed by atoms with Gasteiger partial charge in [0.15, 0.2) is 17.5 Å². The van der Waals surface area contributed by atoms with Crippen molar-refractivity contribution < 1.29 is 4.42 Å². The van der Waals surface area contributed by atoms with Crippen LogP contribution in [0.15, 0.2) is 205 Å². The predicted octanol–water partition coefficient (Wildman–Crippen LogP) is 14.7. The van der Waals surface area contributed by atoms with Crippen LogP contribution in [0.25, 0.3) is 121 Å². The van der Waals surface area contributed by atoms with Gasteiger partial charge in [-0.2, -0.15) is 0 Å². The lowest BCUT2D eigenvalue weighted by Crippen LogP contribution is -2.02. The van der Waals surface area contributed by atoms with Crippen LogP contribution in [0.5, 0.6) is 0 Å². The summed E-state index contributed by atoms with van der Waals surface area (Å²) in [5.41, 5.74) is 8.78. The summed E-state index contributed by atoms with van der Waals surface area (Å²) in [5, 5.41) is 11.7. The molecular formula is C55H33N3O. The number of aromatic nitrogens is 3. The van der Waals surface area contributed by atoms with Gasteiger partial charge in [-0.1, -0.05) is 176 Å². The maximum Gasteiger partial charge on any atom is 0.167 e. The van der Waals surface area contributed by atoms with E-state index < -0.39 is 0 Å². The molecule has 0 aliphatic carbocycles. The highest BCUT2D eigenvalue weighted by molar-refractivity contribution is 6.23. The van der Waals surface area contributed by atoms with Crippen LogP contribution in [-0.2, 0) is 0 Å². The zero-order valence-electron chi connectivity index (χ0n) is 31.8. The first-order chi connectivity index (χ1) is 29.3. The Morgan fingerprint density at radius 1 is 0.288 bits per heavy atom. The first-order valence-corrected chi connectivity index (χ1v) is 19.9. The van der Waals surface area contributed by atoms with Crippen LogP contribution in [0, 0.1) is 0 Å². The van der Waals surface area contributed by atoms with E-state index in [0.29, 0.717) is 17.5 Å². The first-order valence-electron chi connectivity index (χ1n) is 19.9. The number of para-hydroxylation sites is 2. The van der Waals surface area contributed by atoms with Gasteiger partial charge in [-0.15, -0.1) is 0 Å². The minimum Gasteiger partial charge on any atom is -0.455 e. The number of hydrogen-bond acceptors (Lipinski definition) is 4. The molecule has 10 aromatic carbocycles. The number of furan rings is 1. The number of benzene rings is 10. The van der Waals surface area contributed by atoms with E-state index in [1.165, 1.54) is 37.9 Å². The predicted molar refractivity (Wildman–Crippen MR) is 244 cm³/mol. The van der Waals surface area contributed by atoms with Gasteiger partial charge >= 0.3 is 0 Å². The summed E-state index contributed by atoms with van der Waals surface area (Å²) >= 11 is 0. The standard InChI is InChI=1S/C55H33N3O/c1-2-15-34(16-3-1)37-19-8-11-25-46(37)53-56-54(58-55(57-53)48-27-14-26-45-42-24-12-13-28-50(42)59-52(45)48)47-32-31-43(40-22-9-10-23-41(40)47)51-39-21-7-5-18-36(39)33-49-38-20-6-4-17-35(38)29-30-44(49)51/h1-33H. The molecule has 0 fully saturated rings. The van der Waals surface area contributed by atoms with Crippen molar-refractivity contribution in [2.75, 3.05) is 0 Å². The molecule has 0 amide bonds. The quantitative estimate of drug-likeness (QED) is 0.130. The van der Waals surface area contributed by atoms with Crippen LogP contribution in [-0.4, -0.2) is 15.0 Å². The molecule has 59 heavy (non-hydrogen) atoms. The molecule has 0 unspecified atom stereocenters. The summed E-state index contributed by atoms with van der Waals surface area (Å²) in [4.78, 5) is 15.9. The lowest BCUT2D eigenvalue weighted by atomic mass is 9.87. The van der Waals surface area contributed by atoms with Crippen LogP contribution in [0.1, 0.15) is 0 Å². The van der Waals surface area contributed by atoms with Crippen molar-refractivity contribution in [1.82, 2.24) is 15.0 Å². The summed E-state index contributed by atoms with van der Waals surface area (Å²) in [6, 6.07) is 70.5. The Balaban J connectivity index is 1.13. The lowest BCUT2D eigenvalue weighted by Gasteiger charge is -2.17. The van der Waals surface area contributed by atoms with Gasteiger partial charge in [-0.05, 0) is 89.6 Å². The number of rotatable bonds is 5. The summed E-state index contributed by atoms with van der Waals surface area (Å²) in [5.74, 6) is 1.74. The van der Waals surface area contributed by atoms with Gasteiger partial charge < -0.3 is 4.42 Å². The van der Waals surface area contributed by atoms with Gasteiger partial charge in [0.1, 0.15) is 11.2 Å². The average Bonchev–Trinajstić information content (AvgIpc) is 3.70. The van der Waals surface area contributed by atoms with E-state index in [9.17, 15) is 0 Å². The smallest absolute Gasteiger partial charge is 0.167 e. The highest BCUT2D eigenvalue weighted by atomic mass is 16.3. The van der Waals surface area contributed by atoms with E-state index in [4.69, 9.17) is 19.4 Å². The van der Waals surface area contributed by atoms with Gasteiger partial charge in [0.25, 0.3) is 0 Å². The molecule has 12 rings (SSSR count). The molecule has 0 atom stereocenters. The molecule has 0 aliphatic rings. The van der Waals surface area contributed by atoms with Crippen molar-refractivity contribution in [2.45, 2.75) is 0 Å². The first kappa shape index (κ1) is 33.2. The molecule has 12 aromatic rings. The second-order valence-electron chi connectivity index (χ2n) is 15.1. The fraction of sp³-hybridized carbons (Fsp3) is 0. The van der Waals surface area contributed by atoms with Crippen LogP contribution >= 0.6 is 0 Å². The molecule has 2 heterocycles. The van der Waals surface area contributed by atoms with E-state index in [-0.39, 0.29) is 0 Å². The average molecular weight is 752 g/mol. The van der Waals surface area contributed by atoms with E-state index in [0.717, 1.165) is 66.1 Å². The van der Waals surface area contributed by atoms with Crippen molar-refractivity contribution in [3.05, 3.63) is 200 Å². The minimum absolute atomic E-state index is 0.553. The zero-order valence-corrected chi connectivity index (χ0v) is 31.8. The molecular weight excluding hydrogens is 719 g/mol. The summed E-state index contributed by atoms with van der Waals surface area (Å²) in [6.45, 7) is 0.